The number of aromatic nitrogens is 4. The lowest BCUT2D eigenvalue weighted by Gasteiger charge is -2.39. The van der Waals surface area contributed by atoms with Crippen LogP contribution in [0, 0.1) is 0 Å². The summed E-state index contributed by atoms with van der Waals surface area (Å²) >= 11 is 0. The molecule has 1 spiro atoms. The van der Waals surface area contributed by atoms with Crippen LogP contribution in [-0.4, -0.2) is 19.5 Å². The zero-order valence-electron chi connectivity index (χ0n) is 37.5. The van der Waals surface area contributed by atoms with E-state index in [1.54, 1.807) is 0 Å². The first kappa shape index (κ1) is 38.7. The van der Waals surface area contributed by atoms with E-state index >= 15 is 0 Å². The number of ether oxygens (including phenoxy) is 1. The van der Waals surface area contributed by atoms with Crippen LogP contribution in [0.25, 0.3) is 106 Å². The fraction of sp³-hybridized carbons (Fsp3) is 0.0156. The molecule has 0 bridgehead atoms. The van der Waals surface area contributed by atoms with Gasteiger partial charge in [-0.15, -0.1) is 0 Å². The maximum Gasteiger partial charge on any atom is 0.164 e. The molecule has 6 heteroatoms. The zero-order valence-corrected chi connectivity index (χ0v) is 37.5. The van der Waals surface area contributed by atoms with Crippen molar-refractivity contribution < 1.29 is 9.15 Å². The topological polar surface area (TPSA) is 66.0 Å². The van der Waals surface area contributed by atoms with Crippen LogP contribution in [0.5, 0.6) is 11.5 Å². The number of fused-ring (bicyclic) bond motifs is 15. The van der Waals surface area contributed by atoms with Crippen molar-refractivity contribution in [1.29, 1.82) is 0 Å². The summed E-state index contributed by atoms with van der Waals surface area (Å²) < 4.78 is 15.7. The molecule has 326 valence electrons. The second-order valence-corrected chi connectivity index (χ2v) is 18.2. The molecule has 0 atom stereocenters. The molecule has 70 heavy (non-hydrogen) atoms. The van der Waals surface area contributed by atoms with Gasteiger partial charge in [-0.3, -0.25) is 0 Å². The van der Waals surface area contributed by atoms with E-state index in [0.29, 0.717) is 17.5 Å². The lowest BCUT2D eigenvalue weighted by atomic mass is 9.65. The molecule has 0 unspecified atom stereocenters. The Morgan fingerprint density at radius 1 is 0.343 bits per heavy atom. The van der Waals surface area contributed by atoms with E-state index in [9.17, 15) is 0 Å². The second kappa shape index (κ2) is 14.8. The van der Waals surface area contributed by atoms with E-state index < -0.39 is 5.41 Å². The number of rotatable bonds is 5. The zero-order chi connectivity index (χ0) is 45.9. The number of hydrogen-bond donors (Lipinski definition) is 0. The summed E-state index contributed by atoms with van der Waals surface area (Å²) in [6.07, 6.45) is 0. The average Bonchev–Trinajstić information content (AvgIpc) is 4.06. The number of benzene rings is 10. The first-order valence-electron chi connectivity index (χ1n) is 23.7. The minimum atomic E-state index is -0.756. The summed E-state index contributed by atoms with van der Waals surface area (Å²) in [6.45, 7) is 0. The summed E-state index contributed by atoms with van der Waals surface area (Å²) in [6, 6.07) is 81.5. The molecule has 13 aromatic rings. The van der Waals surface area contributed by atoms with Gasteiger partial charge in [-0.1, -0.05) is 170 Å². The van der Waals surface area contributed by atoms with E-state index in [0.717, 1.165) is 100 Å². The average molecular weight is 895 g/mol. The Morgan fingerprint density at radius 3 is 1.57 bits per heavy atom. The van der Waals surface area contributed by atoms with E-state index in [1.807, 2.05) is 42.5 Å². The molecule has 0 saturated heterocycles. The van der Waals surface area contributed by atoms with Gasteiger partial charge in [0.05, 0.1) is 16.4 Å². The third-order valence-electron chi connectivity index (χ3n) is 14.5. The van der Waals surface area contributed by atoms with E-state index in [1.165, 1.54) is 21.9 Å². The second-order valence-electron chi connectivity index (χ2n) is 18.2. The minimum absolute atomic E-state index is 0.608. The van der Waals surface area contributed by atoms with Gasteiger partial charge in [0.2, 0.25) is 0 Å². The summed E-state index contributed by atoms with van der Waals surface area (Å²) in [4.78, 5) is 15.4. The van der Waals surface area contributed by atoms with Gasteiger partial charge in [-0.05, 0) is 88.0 Å². The van der Waals surface area contributed by atoms with Crippen LogP contribution in [0.2, 0.25) is 0 Å². The van der Waals surface area contributed by atoms with Gasteiger partial charge in [-0.2, -0.15) is 0 Å². The van der Waals surface area contributed by atoms with Gasteiger partial charge >= 0.3 is 0 Å². The van der Waals surface area contributed by atoms with Gasteiger partial charge in [0, 0.05) is 61.1 Å². The largest absolute Gasteiger partial charge is 0.457 e. The molecule has 10 aromatic carbocycles. The lowest BCUT2D eigenvalue weighted by molar-refractivity contribution is 0.436. The predicted molar refractivity (Wildman–Crippen MR) is 281 cm³/mol. The molecule has 3 aromatic heterocycles. The molecular formula is C64H38N4O2. The summed E-state index contributed by atoms with van der Waals surface area (Å²) in [5.74, 6) is 3.52. The molecule has 2 aliphatic rings. The van der Waals surface area contributed by atoms with E-state index in [2.05, 4.69) is 193 Å². The molecule has 0 radical (unpaired) electrons. The molecule has 4 heterocycles. The molecule has 15 rings (SSSR count). The number of hydrogen-bond acceptors (Lipinski definition) is 5. The Morgan fingerprint density at radius 2 is 0.900 bits per heavy atom. The SMILES string of the molecule is c1ccc(-c2nc(-c3ccccc3)nc(-c3ccc4c(c3)C3(c5ccccc5Oc5ccccc53)c3cc(-c5cccc6c5c5cc7c(cc5n6-c5ccccc5)oc5ccccc57)ccc3-4)n2)cc1. The van der Waals surface area contributed by atoms with Crippen molar-refractivity contribution in [1.82, 2.24) is 19.5 Å². The number of nitrogens with zero attached hydrogens (tertiary/aromatic N) is 4. The van der Waals surface area contributed by atoms with Crippen LogP contribution in [0.4, 0.5) is 0 Å². The summed E-state index contributed by atoms with van der Waals surface area (Å²) in [7, 11) is 0. The Bertz CT molecular complexity index is 4170. The highest BCUT2D eigenvalue weighted by molar-refractivity contribution is 6.21. The van der Waals surface area contributed by atoms with Crippen LogP contribution in [0.1, 0.15) is 22.3 Å². The summed E-state index contributed by atoms with van der Waals surface area (Å²) in [5, 5.41) is 4.56. The molecule has 0 fully saturated rings. The van der Waals surface area contributed by atoms with Crippen molar-refractivity contribution in [3.63, 3.8) is 0 Å². The van der Waals surface area contributed by atoms with Crippen LogP contribution in [-0.2, 0) is 5.41 Å². The smallest absolute Gasteiger partial charge is 0.164 e. The van der Waals surface area contributed by atoms with Crippen LogP contribution < -0.4 is 4.74 Å². The highest BCUT2D eigenvalue weighted by atomic mass is 16.5. The maximum atomic E-state index is 6.82. The summed E-state index contributed by atoms with van der Waals surface area (Å²) in [5.41, 5.74) is 16.2. The highest BCUT2D eigenvalue weighted by Crippen LogP contribution is 2.63. The van der Waals surface area contributed by atoms with Crippen LogP contribution in [0.3, 0.4) is 0 Å². The van der Waals surface area contributed by atoms with Crippen molar-refractivity contribution in [3.05, 3.63) is 253 Å². The lowest BCUT2D eigenvalue weighted by Crippen LogP contribution is -2.32. The highest BCUT2D eigenvalue weighted by Gasteiger charge is 2.51. The Hall–Kier alpha value is -9.39. The molecule has 0 amide bonds. The monoisotopic (exact) mass is 894 g/mol. The fourth-order valence-electron chi connectivity index (χ4n) is 11.5. The van der Waals surface area contributed by atoms with Crippen molar-refractivity contribution in [3.8, 4) is 73.6 Å². The van der Waals surface area contributed by atoms with Crippen molar-refractivity contribution in [2.75, 3.05) is 0 Å². The molecule has 1 aliphatic heterocycles. The predicted octanol–water partition coefficient (Wildman–Crippen LogP) is 16.0. The first-order valence-corrected chi connectivity index (χ1v) is 23.7. The van der Waals surface area contributed by atoms with Crippen molar-refractivity contribution >= 4 is 43.7 Å². The van der Waals surface area contributed by atoms with Crippen LogP contribution >= 0.6 is 0 Å². The Kier molecular flexibility index (Phi) is 8.18. The van der Waals surface area contributed by atoms with Gasteiger partial charge in [0.15, 0.2) is 17.5 Å². The molecular weight excluding hydrogens is 857 g/mol. The standard InChI is InChI=1S/C64H38N4O2/c1-4-17-39(18-5-1)61-65-62(40-19-6-2-7-20-40)67-63(66-61)42-32-34-46-45-33-31-41(35-52(45)64(53(46)36-42)50-25-11-14-29-57(50)70-58-30-15-12-26-51(58)64)44-24-16-27-54-60(44)49-37-48-47-23-10-13-28-56(47)69-59(48)38-55(49)68(54)43-21-8-3-9-22-43/h1-38H. The number of furan rings is 1. The minimum Gasteiger partial charge on any atom is -0.457 e. The van der Waals surface area contributed by atoms with E-state index in [-0.39, 0.29) is 0 Å². The molecule has 0 N–H and O–H groups in total. The van der Waals surface area contributed by atoms with Crippen LogP contribution in [0.15, 0.2) is 235 Å². The van der Waals surface area contributed by atoms with Gasteiger partial charge in [-0.25, -0.2) is 15.0 Å². The van der Waals surface area contributed by atoms with Gasteiger partial charge in [0.25, 0.3) is 0 Å². The Labute approximate surface area is 402 Å². The molecule has 1 aliphatic carbocycles. The normalized spacial score (nSPS) is 13.1. The number of para-hydroxylation sites is 4. The molecule has 6 nitrogen and oxygen atoms in total. The third kappa shape index (κ3) is 5.53. The fourth-order valence-corrected chi connectivity index (χ4v) is 11.5. The van der Waals surface area contributed by atoms with Crippen molar-refractivity contribution in [2.45, 2.75) is 5.41 Å². The maximum absolute atomic E-state index is 6.82. The first-order chi connectivity index (χ1) is 34.7. The van der Waals surface area contributed by atoms with Gasteiger partial charge in [0.1, 0.15) is 22.7 Å². The van der Waals surface area contributed by atoms with E-state index in [4.69, 9.17) is 24.1 Å². The van der Waals surface area contributed by atoms with Crippen molar-refractivity contribution in [2.24, 2.45) is 0 Å². The quantitative estimate of drug-likeness (QED) is 0.172. The third-order valence-corrected chi connectivity index (χ3v) is 14.5. The van der Waals surface area contributed by atoms with Gasteiger partial charge < -0.3 is 13.7 Å². The molecule has 0 saturated carbocycles. The Balaban J connectivity index is 0.998.